The molecule has 0 bridgehead atoms. The standard InChI is InChI=1S/C10H20O3/c1-7(5-11)9-8(2)6-12-10(3,4)13-9/h7-9,11H,5-6H2,1-4H3/t7-,8+,9+/m1/s1. The summed E-state index contributed by atoms with van der Waals surface area (Å²) >= 11 is 0. The molecule has 0 radical (unpaired) electrons. The van der Waals surface area contributed by atoms with E-state index in [2.05, 4.69) is 6.92 Å². The maximum atomic E-state index is 9.05. The minimum Gasteiger partial charge on any atom is -0.396 e. The summed E-state index contributed by atoms with van der Waals surface area (Å²) in [6, 6.07) is 0. The van der Waals surface area contributed by atoms with Crippen LogP contribution in [0.2, 0.25) is 0 Å². The van der Waals surface area contributed by atoms with Crippen LogP contribution < -0.4 is 0 Å². The average Bonchev–Trinajstić information content (AvgIpc) is 2.08. The number of aliphatic hydroxyl groups excluding tert-OH is 1. The average molecular weight is 188 g/mol. The topological polar surface area (TPSA) is 38.7 Å². The number of aliphatic hydroxyl groups is 1. The van der Waals surface area contributed by atoms with Gasteiger partial charge in [-0.1, -0.05) is 13.8 Å². The van der Waals surface area contributed by atoms with Crippen molar-refractivity contribution >= 4 is 0 Å². The molecule has 0 aromatic heterocycles. The van der Waals surface area contributed by atoms with Gasteiger partial charge in [-0.25, -0.2) is 0 Å². The molecule has 78 valence electrons. The molecule has 3 atom stereocenters. The van der Waals surface area contributed by atoms with E-state index in [1.54, 1.807) is 0 Å². The predicted molar refractivity (Wildman–Crippen MR) is 50.3 cm³/mol. The Bertz CT molecular complexity index is 164. The summed E-state index contributed by atoms with van der Waals surface area (Å²) in [5, 5.41) is 9.05. The molecule has 0 amide bonds. The van der Waals surface area contributed by atoms with Crippen LogP contribution in [0.25, 0.3) is 0 Å². The van der Waals surface area contributed by atoms with Crippen molar-refractivity contribution in [2.75, 3.05) is 13.2 Å². The van der Waals surface area contributed by atoms with Crippen molar-refractivity contribution in [1.82, 2.24) is 0 Å². The molecule has 3 nitrogen and oxygen atoms in total. The second-order valence-electron chi connectivity index (χ2n) is 4.43. The summed E-state index contributed by atoms with van der Waals surface area (Å²) in [7, 11) is 0. The molecule has 0 spiro atoms. The van der Waals surface area contributed by atoms with Gasteiger partial charge in [0, 0.05) is 18.4 Å². The number of ether oxygens (including phenoxy) is 2. The summed E-state index contributed by atoms with van der Waals surface area (Å²) in [6.07, 6.45) is 0.105. The first kappa shape index (κ1) is 11.0. The lowest BCUT2D eigenvalue weighted by atomic mass is 9.93. The van der Waals surface area contributed by atoms with Gasteiger partial charge in [-0.3, -0.25) is 0 Å². The van der Waals surface area contributed by atoms with E-state index in [1.165, 1.54) is 0 Å². The molecule has 3 heteroatoms. The van der Waals surface area contributed by atoms with Gasteiger partial charge in [0.1, 0.15) is 0 Å². The number of hydrogen-bond donors (Lipinski definition) is 1. The van der Waals surface area contributed by atoms with Crippen LogP contribution in [0, 0.1) is 11.8 Å². The highest BCUT2D eigenvalue weighted by Gasteiger charge is 2.36. The van der Waals surface area contributed by atoms with Crippen molar-refractivity contribution in [1.29, 1.82) is 0 Å². The van der Waals surface area contributed by atoms with Gasteiger partial charge in [-0.2, -0.15) is 0 Å². The first-order valence-corrected chi connectivity index (χ1v) is 4.89. The Morgan fingerprint density at radius 2 is 2.15 bits per heavy atom. The maximum Gasteiger partial charge on any atom is 0.163 e. The molecule has 1 aliphatic rings. The van der Waals surface area contributed by atoms with E-state index >= 15 is 0 Å². The van der Waals surface area contributed by atoms with Crippen molar-refractivity contribution in [3.05, 3.63) is 0 Å². The van der Waals surface area contributed by atoms with Gasteiger partial charge in [0.25, 0.3) is 0 Å². The highest BCUT2D eigenvalue weighted by Crippen LogP contribution is 2.29. The smallest absolute Gasteiger partial charge is 0.163 e. The van der Waals surface area contributed by atoms with Crippen molar-refractivity contribution in [3.63, 3.8) is 0 Å². The molecule has 0 aromatic rings. The second-order valence-corrected chi connectivity index (χ2v) is 4.43. The molecule has 1 aliphatic heterocycles. The summed E-state index contributed by atoms with van der Waals surface area (Å²) in [5.74, 6) is 0.0361. The third-order valence-corrected chi connectivity index (χ3v) is 2.52. The fourth-order valence-electron chi connectivity index (χ4n) is 1.69. The van der Waals surface area contributed by atoms with Crippen molar-refractivity contribution in [2.24, 2.45) is 11.8 Å². The molecule has 13 heavy (non-hydrogen) atoms. The van der Waals surface area contributed by atoms with E-state index < -0.39 is 5.79 Å². The van der Waals surface area contributed by atoms with Gasteiger partial charge >= 0.3 is 0 Å². The molecule has 0 aliphatic carbocycles. The van der Waals surface area contributed by atoms with Crippen LogP contribution in [0.5, 0.6) is 0 Å². The van der Waals surface area contributed by atoms with E-state index in [-0.39, 0.29) is 18.6 Å². The fourth-order valence-corrected chi connectivity index (χ4v) is 1.69. The fraction of sp³-hybridized carbons (Fsp3) is 1.00. The Kier molecular flexibility index (Phi) is 3.33. The monoisotopic (exact) mass is 188 g/mol. The van der Waals surface area contributed by atoms with Crippen LogP contribution in [0.1, 0.15) is 27.7 Å². The number of rotatable bonds is 2. The maximum absolute atomic E-state index is 9.05. The van der Waals surface area contributed by atoms with Crippen LogP contribution in [-0.2, 0) is 9.47 Å². The zero-order valence-corrected chi connectivity index (χ0v) is 8.91. The molecule has 1 fully saturated rings. The van der Waals surface area contributed by atoms with Crippen LogP contribution >= 0.6 is 0 Å². The Balaban J connectivity index is 2.60. The van der Waals surface area contributed by atoms with Gasteiger partial charge in [0.15, 0.2) is 5.79 Å². The van der Waals surface area contributed by atoms with Crippen molar-refractivity contribution in [2.45, 2.75) is 39.6 Å². The van der Waals surface area contributed by atoms with E-state index in [9.17, 15) is 0 Å². The Labute approximate surface area is 80.0 Å². The minimum absolute atomic E-state index is 0.105. The molecular formula is C10H20O3. The summed E-state index contributed by atoms with van der Waals surface area (Å²) in [6.45, 7) is 8.80. The van der Waals surface area contributed by atoms with Crippen LogP contribution in [0.15, 0.2) is 0 Å². The Morgan fingerprint density at radius 1 is 1.54 bits per heavy atom. The van der Waals surface area contributed by atoms with Crippen LogP contribution in [0.4, 0.5) is 0 Å². The summed E-state index contributed by atoms with van der Waals surface area (Å²) in [4.78, 5) is 0. The molecule has 0 aromatic carbocycles. The van der Waals surface area contributed by atoms with Crippen molar-refractivity contribution < 1.29 is 14.6 Å². The lowest BCUT2D eigenvalue weighted by Crippen LogP contribution is -2.47. The normalized spacial score (nSPS) is 35.8. The summed E-state index contributed by atoms with van der Waals surface area (Å²) in [5.41, 5.74) is 0. The largest absolute Gasteiger partial charge is 0.396 e. The van der Waals surface area contributed by atoms with Gasteiger partial charge in [-0.15, -0.1) is 0 Å². The lowest BCUT2D eigenvalue weighted by molar-refractivity contribution is -0.300. The van der Waals surface area contributed by atoms with Gasteiger partial charge < -0.3 is 14.6 Å². The van der Waals surface area contributed by atoms with E-state index in [4.69, 9.17) is 14.6 Å². The van der Waals surface area contributed by atoms with Crippen molar-refractivity contribution in [3.8, 4) is 0 Å². The molecule has 1 N–H and O–H groups in total. The molecule has 1 rings (SSSR count). The minimum atomic E-state index is -0.499. The quantitative estimate of drug-likeness (QED) is 0.712. The molecule has 1 saturated heterocycles. The SMILES string of the molecule is C[C@H](CO)[C@@H]1OC(C)(C)OC[C@@H]1C. The first-order chi connectivity index (χ1) is 5.96. The predicted octanol–water partition coefficient (Wildman–Crippen LogP) is 1.40. The summed E-state index contributed by atoms with van der Waals surface area (Å²) < 4.78 is 11.3. The van der Waals surface area contributed by atoms with E-state index in [0.29, 0.717) is 12.5 Å². The first-order valence-electron chi connectivity index (χ1n) is 4.89. The lowest BCUT2D eigenvalue weighted by Gasteiger charge is -2.42. The zero-order valence-electron chi connectivity index (χ0n) is 8.91. The highest BCUT2D eigenvalue weighted by molar-refractivity contribution is 4.78. The molecular weight excluding hydrogens is 168 g/mol. The highest BCUT2D eigenvalue weighted by atomic mass is 16.7. The van der Waals surface area contributed by atoms with Gasteiger partial charge in [0.2, 0.25) is 0 Å². The Morgan fingerprint density at radius 3 is 2.69 bits per heavy atom. The van der Waals surface area contributed by atoms with Gasteiger partial charge in [0.05, 0.1) is 12.7 Å². The van der Waals surface area contributed by atoms with E-state index in [1.807, 2.05) is 20.8 Å². The third kappa shape index (κ3) is 2.66. The van der Waals surface area contributed by atoms with Gasteiger partial charge in [-0.05, 0) is 13.8 Å². The zero-order chi connectivity index (χ0) is 10.1. The third-order valence-electron chi connectivity index (χ3n) is 2.52. The molecule has 0 unspecified atom stereocenters. The Hall–Kier alpha value is -0.120. The van der Waals surface area contributed by atoms with E-state index in [0.717, 1.165) is 0 Å². The number of hydrogen-bond acceptors (Lipinski definition) is 3. The van der Waals surface area contributed by atoms with Crippen LogP contribution in [0.3, 0.4) is 0 Å². The second kappa shape index (κ2) is 3.95. The van der Waals surface area contributed by atoms with Crippen LogP contribution in [-0.4, -0.2) is 30.2 Å². The molecule has 1 heterocycles. The molecule has 0 saturated carbocycles.